The van der Waals surface area contributed by atoms with Gasteiger partial charge in [-0.2, -0.15) is 5.26 Å². The third kappa shape index (κ3) is 2.72. The minimum Gasteiger partial charge on any atom is -0.480 e. The summed E-state index contributed by atoms with van der Waals surface area (Å²) >= 11 is 3.35. The average molecular weight is 325 g/mol. The number of rotatable bonds is 3. The van der Waals surface area contributed by atoms with E-state index in [4.69, 9.17) is 10.00 Å². The Hall–Kier alpha value is -1.58. The molecule has 1 saturated heterocycles. The SMILES string of the molecule is COC1CC(C(=O)O)N(c2cc(Br)ccc2C#N)C1. The van der Waals surface area contributed by atoms with Crippen molar-refractivity contribution in [3.63, 3.8) is 0 Å². The summed E-state index contributed by atoms with van der Waals surface area (Å²) in [5.74, 6) is -0.900. The maximum absolute atomic E-state index is 11.3. The molecule has 1 aliphatic rings. The summed E-state index contributed by atoms with van der Waals surface area (Å²) in [4.78, 5) is 13.1. The molecule has 1 fully saturated rings. The number of benzene rings is 1. The van der Waals surface area contributed by atoms with Crippen molar-refractivity contribution < 1.29 is 14.6 Å². The van der Waals surface area contributed by atoms with Gasteiger partial charge in [0.05, 0.1) is 17.4 Å². The number of carbonyl (C=O) groups is 1. The first-order valence-corrected chi connectivity index (χ1v) is 6.58. The minimum absolute atomic E-state index is 0.133. The summed E-state index contributed by atoms with van der Waals surface area (Å²) in [7, 11) is 1.57. The Labute approximate surface area is 119 Å². The summed E-state index contributed by atoms with van der Waals surface area (Å²) in [6, 6.07) is 6.65. The Bertz CT molecular complexity index is 541. The molecular formula is C13H13BrN2O3. The van der Waals surface area contributed by atoms with Gasteiger partial charge in [0.25, 0.3) is 0 Å². The number of carboxylic acid groups (broad SMARTS) is 1. The second kappa shape index (κ2) is 5.59. The van der Waals surface area contributed by atoms with Crippen LogP contribution in [-0.4, -0.2) is 36.9 Å². The largest absolute Gasteiger partial charge is 0.480 e. The number of halogens is 1. The van der Waals surface area contributed by atoms with Crippen LogP contribution < -0.4 is 4.90 Å². The van der Waals surface area contributed by atoms with Gasteiger partial charge in [0.2, 0.25) is 0 Å². The van der Waals surface area contributed by atoms with Crippen molar-refractivity contribution in [2.45, 2.75) is 18.6 Å². The molecule has 1 heterocycles. The van der Waals surface area contributed by atoms with Crippen LogP contribution in [0.1, 0.15) is 12.0 Å². The van der Waals surface area contributed by atoms with Gasteiger partial charge in [0, 0.05) is 24.5 Å². The summed E-state index contributed by atoms with van der Waals surface area (Å²) in [5, 5.41) is 18.4. The number of carboxylic acids is 1. The minimum atomic E-state index is -0.900. The maximum atomic E-state index is 11.3. The summed E-state index contributed by atoms with van der Waals surface area (Å²) in [6.07, 6.45) is 0.287. The summed E-state index contributed by atoms with van der Waals surface area (Å²) < 4.78 is 6.06. The van der Waals surface area contributed by atoms with E-state index >= 15 is 0 Å². The van der Waals surface area contributed by atoms with E-state index in [1.165, 1.54) is 0 Å². The Morgan fingerprint density at radius 2 is 2.37 bits per heavy atom. The molecule has 0 aromatic heterocycles. The predicted molar refractivity (Wildman–Crippen MR) is 73.0 cm³/mol. The van der Waals surface area contributed by atoms with Crippen molar-refractivity contribution >= 4 is 27.6 Å². The molecule has 0 saturated carbocycles. The van der Waals surface area contributed by atoms with E-state index in [9.17, 15) is 9.90 Å². The van der Waals surface area contributed by atoms with Gasteiger partial charge >= 0.3 is 5.97 Å². The van der Waals surface area contributed by atoms with Crippen LogP contribution in [0.5, 0.6) is 0 Å². The van der Waals surface area contributed by atoms with Crippen LogP contribution in [0.2, 0.25) is 0 Å². The Morgan fingerprint density at radius 3 is 2.95 bits per heavy atom. The van der Waals surface area contributed by atoms with Gasteiger partial charge < -0.3 is 14.7 Å². The van der Waals surface area contributed by atoms with Crippen molar-refractivity contribution in [3.8, 4) is 6.07 Å². The molecule has 1 aromatic rings. The Kier molecular flexibility index (Phi) is 4.08. The van der Waals surface area contributed by atoms with Crippen molar-refractivity contribution in [1.29, 1.82) is 5.26 Å². The van der Waals surface area contributed by atoms with Gasteiger partial charge in [-0.05, 0) is 18.2 Å². The van der Waals surface area contributed by atoms with E-state index in [0.29, 0.717) is 24.2 Å². The zero-order valence-corrected chi connectivity index (χ0v) is 11.9. The first-order valence-electron chi connectivity index (χ1n) is 5.78. The fourth-order valence-corrected chi connectivity index (χ4v) is 2.65. The molecule has 2 atom stereocenters. The molecule has 2 rings (SSSR count). The Balaban J connectivity index is 2.42. The van der Waals surface area contributed by atoms with Crippen molar-refractivity contribution in [1.82, 2.24) is 0 Å². The van der Waals surface area contributed by atoms with Gasteiger partial charge in [-0.15, -0.1) is 0 Å². The smallest absolute Gasteiger partial charge is 0.326 e. The number of hydrogen-bond donors (Lipinski definition) is 1. The maximum Gasteiger partial charge on any atom is 0.326 e. The molecule has 19 heavy (non-hydrogen) atoms. The fourth-order valence-electron chi connectivity index (χ4n) is 2.31. The van der Waals surface area contributed by atoms with E-state index in [2.05, 4.69) is 22.0 Å². The summed E-state index contributed by atoms with van der Waals surface area (Å²) in [6.45, 7) is 0.471. The zero-order chi connectivity index (χ0) is 14.0. The molecule has 1 aromatic carbocycles. The van der Waals surface area contributed by atoms with E-state index < -0.39 is 12.0 Å². The van der Waals surface area contributed by atoms with Crippen molar-refractivity contribution in [2.24, 2.45) is 0 Å². The normalized spacial score (nSPS) is 22.3. The van der Waals surface area contributed by atoms with Crippen LogP contribution in [0.15, 0.2) is 22.7 Å². The first-order chi connectivity index (χ1) is 9.06. The van der Waals surface area contributed by atoms with Gasteiger partial charge in [-0.3, -0.25) is 0 Å². The van der Waals surface area contributed by atoms with Crippen molar-refractivity contribution in [3.05, 3.63) is 28.2 Å². The molecule has 5 nitrogen and oxygen atoms in total. The monoisotopic (exact) mass is 324 g/mol. The van der Waals surface area contributed by atoms with E-state index in [1.54, 1.807) is 30.2 Å². The fraction of sp³-hybridized carbons (Fsp3) is 0.385. The summed E-state index contributed by atoms with van der Waals surface area (Å²) in [5.41, 5.74) is 1.09. The molecule has 0 bridgehead atoms. The molecule has 6 heteroatoms. The van der Waals surface area contributed by atoms with Crippen molar-refractivity contribution in [2.75, 3.05) is 18.6 Å². The molecule has 0 aliphatic carbocycles. The number of hydrogen-bond acceptors (Lipinski definition) is 4. The number of anilines is 1. The number of aliphatic carboxylic acids is 1. The van der Waals surface area contributed by atoms with E-state index in [1.807, 2.05) is 0 Å². The quantitative estimate of drug-likeness (QED) is 0.920. The zero-order valence-electron chi connectivity index (χ0n) is 10.3. The standard InChI is InChI=1S/C13H13BrN2O3/c1-19-10-5-12(13(17)18)16(7-10)11-4-9(14)3-2-8(11)6-15/h2-4,10,12H,5,7H2,1H3,(H,17,18). The lowest BCUT2D eigenvalue weighted by Gasteiger charge is -2.24. The Morgan fingerprint density at radius 1 is 1.63 bits per heavy atom. The topological polar surface area (TPSA) is 73.6 Å². The lowest BCUT2D eigenvalue weighted by Crippen LogP contribution is -2.36. The predicted octanol–water partition coefficient (Wildman–Crippen LogP) is 2.00. The van der Waals surface area contributed by atoms with E-state index in [0.717, 1.165) is 4.47 Å². The molecule has 2 unspecified atom stereocenters. The van der Waals surface area contributed by atoms with Crippen LogP contribution in [0.3, 0.4) is 0 Å². The van der Waals surface area contributed by atoms with Crippen LogP contribution in [0.4, 0.5) is 5.69 Å². The van der Waals surface area contributed by atoms with Gasteiger partial charge in [-0.1, -0.05) is 15.9 Å². The molecule has 0 amide bonds. The number of nitrogens with zero attached hydrogens (tertiary/aromatic N) is 2. The van der Waals surface area contributed by atoms with Gasteiger partial charge in [-0.25, -0.2) is 4.79 Å². The second-order valence-corrected chi connectivity index (χ2v) is 5.29. The lowest BCUT2D eigenvalue weighted by molar-refractivity contribution is -0.138. The molecule has 0 radical (unpaired) electrons. The van der Waals surface area contributed by atoms with Crippen LogP contribution in [0.25, 0.3) is 0 Å². The molecule has 1 N–H and O–H groups in total. The number of methoxy groups -OCH3 is 1. The molecule has 100 valence electrons. The van der Waals surface area contributed by atoms with Gasteiger partial charge in [0.1, 0.15) is 12.1 Å². The number of nitriles is 1. The highest BCUT2D eigenvalue weighted by molar-refractivity contribution is 9.10. The van der Waals surface area contributed by atoms with Gasteiger partial charge in [0.15, 0.2) is 0 Å². The third-order valence-corrected chi connectivity index (χ3v) is 3.76. The third-order valence-electron chi connectivity index (χ3n) is 3.27. The first kappa shape index (κ1) is 13.8. The highest BCUT2D eigenvalue weighted by Crippen LogP contribution is 2.32. The van der Waals surface area contributed by atoms with Crippen LogP contribution >= 0.6 is 15.9 Å². The highest BCUT2D eigenvalue weighted by Gasteiger charge is 2.38. The number of ether oxygens (including phenoxy) is 1. The second-order valence-electron chi connectivity index (χ2n) is 4.37. The van der Waals surface area contributed by atoms with E-state index in [-0.39, 0.29) is 6.10 Å². The van der Waals surface area contributed by atoms with Crippen LogP contribution in [0, 0.1) is 11.3 Å². The lowest BCUT2D eigenvalue weighted by atomic mass is 10.1. The molecular weight excluding hydrogens is 312 g/mol. The highest BCUT2D eigenvalue weighted by atomic mass is 79.9. The molecule has 1 aliphatic heterocycles. The average Bonchev–Trinajstić information content (AvgIpc) is 2.83. The molecule has 0 spiro atoms. The van der Waals surface area contributed by atoms with Crippen LogP contribution in [-0.2, 0) is 9.53 Å².